The second-order valence-electron chi connectivity index (χ2n) is 4.27. The molecule has 1 atom stereocenters. The highest BCUT2D eigenvalue weighted by atomic mass is 16.5. The predicted molar refractivity (Wildman–Crippen MR) is 50.6 cm³/mol. The van der Waals surface area contributed by atoms with Gasteiger partial charge < -0.3 is 9.84 Å². The first-order valence-corrected chi connectivity index (χ1v) is 5.24. The molecule has 0 aromatic rings. The second-order valence-corrected chi connectivity index (χ2v) is 4.27. The number of aliphatic hydroxyl groups excluding tert-OH is 1. The zero-order chi connectivity index (χ0) is 9.26. The zero-order valence-electron chi connectivity index (χ0n) is 8.28. The van der Waals surface area contributed by atoms with E-state index in [-0.39, 0.29) is 6.10 Å². The van der Waals surface area contributed by atoms with Crippen LogP contribution in [0.2, 0.25) is 0 Å². The summed E-state index contributed by atoms with van der Waals surface area (Å²) in [4.78, 5) is 2.42. The van der Waals surface area contributed by atoms with Gasteiger partial charge in [0.25, 0.3) is 0 Å². The number of hydrogen-bond donors (Lipinski definition) is 1. The first-order chi connectivity index (χ1) is 6.29. The lowest BCUT2D eigenvalue weighted by molar-refractivity contribution is -0.0503. The Morgan fingerprint density at radius 1 is 1.38 bits per heavy atom. The predicted octanol–water partition coefficient (Wildman–Crippen LogP) is 0.620. The molecule has 1 saturated heterocycles. The van der Waals surface area contributed by atoms with Crippen molar-refractivity contribution in [1.82, 2.24) is 4.90 Å². The van der Waals surface area contributed by atoms with Gasteiger partial charge >= 0.3 is 0 Å². The molecule has 3 nitrogen and oxygen atoms in total. The number of ether oxygens (including phenoxy) is 1. The van der Waals surface area contributed by atoms with Crippen molar-refractivity contribution >= 4 is 0 Å². The molecule has 1 heterocycles. The van der Waals surface area contributed by atoms with Gasteiger partial charge in [-0.05, 0) is 32.2 Å². The smallest absolute Gasteiger partial charge is 0.0667 e. The van der Waals surface area contributed by atoms with Crippen LogP contribution in [0.1, 0.15) is 25.7 Å². The lowest BCUT2D eigenvalue weighted by Crippen LogP contribution is -2.52. The van der Waals surface area contributed by atoms with Gasteiger partial charge in [0.15, 0.2) is 0 Å². The van der Waals surface area contributed by atoms with E-state index in [1.165, 1.54) is 0 Å². The third-order valence-electron chi connectivity index (χ3n) is 3.35. The third kappa shape index (κ3) is 2.03. The van der Waals surface area contributed by atoms with E-state index in [4.69, 9.17) is 4.74 Å². The third-order valence-corrected chi connectivity index (χ3v) is 3.35. The quantitative estimate of drug-likeness (QED) is 0.684. The number of β-amino-alcohol motifs (C(OH)–C–C–N with tert-alkyl or cyclic N) is 1. The maximum absolute atomic E-state index is 9.50. The topological polar surface area (TPSA) is 32.7 Å². The summed E-state index contributed by atoms with van der Waals surface area (Å²) in [5.41, 5.74) is 0. The summed E-state index contributed by atoms with van der Waals surface area (Å²) < 4.78 is 5.24. The van der Waals surface area contributed by atoms with E-state index in [9.17, 15) is 5.11 Å². The van der Waals surface area contributed by atoms with E-state index in [1.807, 2.05) is 0 Å². The number of nitrogens with zero attached hydrogens (tertiary/aromatic N) is 1. The number of piperidine rings is 1. The van der Waals surface area contributed by atoms with Crippen molar-refractivity contribution in [3.05, 3.63) is 0 Å². The van der Waals surface area contributed by atoms with Crippen molar-refractivity contribution in [2.75, 3.05) is 20.2 Å². The number of methoxy groups -OCH3 is 1. The molecule has 0 unspecified atom stereocenters. The Labute approximate surface area is 79.7 Å². The number of hydrogen-bond acceptors (Lipinski definition) is 3. The Morgan fingerprint density at radius 3 is 2.77 bits per heavy atom. The minimum Gasteiger partial charge on any atom is -0.392 e. The minimum absolute atomic E-state index is 0.0876. The molecule has 0 aromatic heterocycles. The molecule has 0 amide bonds. The zero-order valence-corrected chi connectivity index (χ0v) is 8.28. The van der Waals surface area contributed by atoms with Gasteiger partial charge in [-0.3, -0.25) is 4.90 Å². The number of likely N-dealkylation sites (tertiary alicyclic amines) is 1. The van der Waals surface area contributed by atoms with E-state index >= 15 is 0 Å². The molecule has 2 aliphatic rings. The normalized spacial score (nSPS) is 41.5. The molecular weight excluding hydrogens is 166 g/mol. The second kappa shape index (κ2) is 3.95. The minimum atomic E-state index is -0.0876. The maximum atomic E-state index is 9.50. The molecule has 2 fully saturated rings. The summed E-state index contributed by atoms with van der Waals surface area (Å²) in [7, 11) is 1.78. The van der Waals surface area contributed by atoms with Gasteiger partial charge in [0.1, 0.15) is 0 Å². The molecule has 1 N–H and O–H groups in total. The summed E-state index contributed by atoms with van der Waals surface area (Å²) in [6, 6.07) is 0.680. The highest BCUT2D eigenvalue weighted by molar-refractivity contribution is 4.90. The monoisotopic (exact) mass is 185 g/mol. The lowest BCUT2D eigenvalue weighted by atomic mass is 9.86. The van der Waals surface area contributed by atoms with Crippen LogP contribution in [-0.2, 0) is 4.74 Å². The fourth-order valence-electron chi connectivity index (χ4n) is 2.34. The summed E-state index contributed by atoms with van der Waals surface area (Å²) in [5, 5.41) is 9.50. The Bertz CT molecular complexity index is 168. The van der Waals surface area contributed by atoms with Crippen LogP contribution >= 0.6 is 0 Å². The summed E-state index contributed by atoms with van der Waals surface area (Å²) in [6.07, 6.45) is 4.83. The van der Waals surface area contributed by atoms with Crippen molar-refractivity contribution in [3.8, 4) is 0 Å². The van der Waals surface area contributed by atoms with Crippen molar-refractivity contribution in [3.63, 3.8) is 0 Å². The van der Waals surface area contributed by atoms with Gasteiger partial charge in [0.2, 0.25) is 0 Å². The molecule has 76 valence electrons. The largest absolute Gasteiger partial charge is 0.392 e. The van der Waals surface area contributed by atoms with Crippen molar-refractivity contribution in [1.29, 1.82) is 0 Å². The van der Waals surface area contributed by atoms with E-state index in [2.05, 4.69) is 4.90 Å². The van der Waals surface area contributed by atoms with Gasteiger partial charge in [0.05, 0.1) is 12.2 Å². The molecule has 3 heteroatoms. The highest BCUT2D eigenvalue weighted by Gasteiger charge is 2.35. The fourth-order valence-corrected chi connectivity index (χ4v) is 2.34. The molecule has 0 aromatic carbocycles. The van der Waals surface area contributed by atoms with Crippen LogP contribution in [0.15, 0.2) is 0 Å². The average Bonchev–Trinajstić information content (AvgIpc) is 2.02. The van der Waals surface area contributed by atoms with Crippen LogP contribution in [0.4, 0.5) is 0 Å². The Morgan fingerprint density at radius 2 is 2.15 bits per heavy atom. The molecule has 1 aliphatic heterocycles. The summed E-state index contributed by atoms with van der Waals surface area (Å²) in [6.45, 7) is 2.04. The summed E-state index contributed by atoms with van der Waals surface area (Å²) >= 11 is 0. The van der Waals surface area contributed by atoms with Crippen molar-refractivity contribution in [2.24, 2.45) is 0 Å². The van der Waals surface area contributed by atoms with Crippen LogP contribution in [-0.4, -0.2) is 48.5 Å². The van der Waals surface area contributed by atoms with Crippen LogP contribution in [0.25, 0.3) is 0 Å². The average molecular weight is 185 g/mol. The van der Waals surface area contributed by atoms with Gasteiger partial charge in [-0.25, -0.2) is 0 Å². The van der Waals surface area contributed by atoms with Crippen molar-refractivity contribution < 1.29 is 9.84 Å². The van der Waals surface area contributed by atoms with Crippen LogP contribution in [0, 0.1) is 0 Å². The van der Waals surface area contributed by atoms with Gasteiger partial charge in [-0.1, -0.05) is 0 Å². The Balaban J connectivity index is 1.75. The first-order valence-electron chi connectivity index (χ1n) is 5.24. The number of rotatable bonds is 2. The van der Waals surface area contributed by atoms with Gasteiger partial charge in [0, 0.05) is 19.7 Å². The van der Waals surface area contributed by atoms with Crippen LogP contribution in [0.3, 0.4) is 0 Å². The van der Waals surface area contributed by atoms with E-state index in [1.54, 1.807) is 7.11 Å². The van der Waals surface area contributed by atoms with Crippen molar-refractivity contribution in [2.45, 2.75) is 43.9 Å². The Hall–Kier alpha value is -0.120. The van der Waals surface area contributed by atoms with E-state index < -0.39 is 0 Å². The highest BCUT2D eigenvalue weighted by Crippen LogP contribution is 2.29. The Kier molecular flexibility index (Phi) is 2.86. The lowest BCUT2D eigenvalue weighted by Gasteiger charge is -2.44. The summed E-state index contributed by atoms with van der Waals surface area (Å²) in [5.74, 6) is 0. The fraction of sp³-hybridized carbons (Fsp3) is 1.00. The molecule has 1 saturated carbocycles. The van der Waals surface area contributed by atoms with E-state index in [0.29, 0.717) is 12.1 Å². The van der Waals surface area contributed by atoms with Gasteiger partial charge in [-0.15, -0.1) is 0 Å². The number of aliphatic hydroxyl groups is 1. The molecule has 0 spiro atoms. The molecule has 0 bridgehead atoms. The molecule has 1 aliphatic carbocycles. The molecule has 13 heavy (non-hydrogen) atoms. The van der Waals surface area contributed by atoms with Gasteiger partial charge in [-0.2, -0.15) is 0 Å². The standard InChI is InChI=1S/C10H19NO2/c1-13-10-5-8(6-10)11-4-2-3-9(12)7-11/h8-10,12H,2-7H2,1H3/t8-,9-,10-/m1/s1. The molecule has 2 rings (SSSR count). The maximum Gasteiger partial charge on any atom is 0.0667 e. The van der Waals surface area contributed by atoms with Crippen LogP contribution < -0.4 is 0 Å². The first kappa shape index (κ1) is 9.44. The van der Waals surface area contributed by atoms with E-state index in [0.717, 1.165) is 38.8 Å². The molecule has 0 radical (unpaired) electrons. The molecular formula is C10H19NO2. The van der Waals surface area contributed by atoms with Crippen LogP contribution in [0.5, 0.6) is 0 Å². The SMILES string of the molecule is CO[C@H]1C[C@H](N2CCC[C@@H](O)C2)C1.